The van der Waals surface area contributed by atoms with Crippen molar-refractivity contribution in [1.29, 1.82) is 0 Å². The lowest BCUT2D eigenvalue weighted by atomic mass is 10.0. The minimum atomic E-state index is -3.71. The molecule has 4 rings (SSSR count). The topological polar surface area (TPSA) is 87.7 Å². The van der Waals surface area contributed by atoms with Crippen LogP contribution in [0, 0.1) is 5.92 Å². The van der Waals surface area contributed by atoms with Gasteiger partial charge < -0.3 is 15.0 Å². The summed E-state index contributed by atoms with van der Waals surface area (Å²) in [5.41, 5.74) is 0.348. The zero-order valence-electron chi connectivity index (χ0n) is 17.7. The quantitative estimate of drug-likeness (QED) is 0.655. The average Bonchev–Trinajstić information content (AvgIpc) is 3.39. The summed E-state index contributed by atoms with van der Waals surface area (Å²) in [6, 6.07) is 4.73. The van der Waals surface area contributed by atoms with E-state index in [0.29, 0.717) is 5.56 Å². The van der Waals surface area contributed by atoms with Gasteiger partial charge in [0.2, 0.25) is 10.0 Å². The summed E-state index contributed by atoms with van der Waals surface area (Å²) < 4.78 is 33.2. The van der Waals surface area contributed by atoms with Crippen molar-refractivity contribution in [3.63, 3.8) is 0 Å². The zero-order chi connectivity index (χ0) is 21.1. The number of hydrogen-bond donors (Lipinski definition) is 2. The summed E-state index contributed by atoms with van der Waals surface area (Å²) >= 11 is 0. The number of amides is 1. The number of rotatable bonds is 8. The van der Waals surface area contributed by atoms with Gasteiger partial charge in [-0.15, -0.1) is 0 Å². The van der Waals surface area contributed by atoms with Gasteiger partial charge in [-0.2, -0.15) is 0 Å². The Morgan fingerprint density at radius 2 is 1.77 bits per heavy atom. The van der Waals surface area contributed by atoms with Crippen molar-refractivity contribution in [2.24, 2.45) is 5.92 Å². The van der Waals surface area contributed by atoms with Crippen molar-refractivity contribution < 1.29 is 17.9 Å². The molecule has 1 aliphatic heterocycles. The van der Waals surface area contributed by atoms with E-state index in [1.54, 1.807) is 12.1 Å². The molecule has 2 N–H and O–H groups in total. The molecule has 1 aromatic carbocycles. The van der Waals surface area contributed by atoms with Crippen LogP contribution in [0.4, 0.5) is 0 Å². The Labute approximate surface area is 179 Å². The lowest BCUT2D eigenvalue weighted by Crippen LogP contribution is -2.45. The van der Waals surface area contributed by atoms with Gasteiger partial charge in [-0.25, -0.2) is 13.1 Å². The number of nitrogens with zero attached hydrogens (tertiary/aromatic N) is 1. The molecule has 0 bridgehead atoms. The van der Waals surface area contributed by atoms with Crippen LogP contribution in [0.15, 0.2) is 23.1 Å². The summed E-state index contributed by atoms with van der Waals surface area (Å²) in [5.74, 6) is 0.870. The number of sulfonamides is 1. The highest BCUT2D eigenvalue weighted by molar-refractivity contribution is 7.89. The van der Waals surface area contributed by atoms with E-state index < -0.39 is 10.0 Å². The number of carbonyl (C=O) groups excluding carboxylic acids is 1. The first-order chi connectivity index (χ1) is 14.4. The fourth-order valence-corrected chi connectivity index (χ4v) is 6.10. The summed E-state index contributed by atoms with van der Waals surface area (Å²) in [6.07, 6.45) is 9.01. The molecule has 2 saturated carbocycles. The van der Waals surface area contributed by atoms with Gasteiger partial charge in [0.15, 0.2) is 0 Å². The summed E-state index contributed by atoms with van der Waals surface area (Å²) in [4.78, 5) is 15.4. The van der Waals surface area contributed by atoms with Gasteiger partial charge >= 0.3 is 0 Å². The molecule has 0 unspecified atom stereocenters. The molecular weight excluding hydrogens is 402 g/mol. The van der Waals surface area contributed by atoms with Crippen LogP contribution in [0.5, 0.6) is 5.75 Å². The first kappa shape index (κ1) is 21.6. The Kier molecular flexibility index (Phi) is 6.65. The molecule has 0 radical (unpaired) electrons. The summed E-state index contributed by atoms with van der Waals surface area (Å²) in [7, 11) is -2.27. The minimum Gasteiger partial charge on any atom is -0.495 e. The Hall–Kier alpha value is -1.64. The second-order valence-electron chi connectivity index (χ2n) is 8.96. The predicted molar refractivity (Wildman–Crippen MR) is 115 cm³/mol. The molecule has 8 heteroatoms. The number of likely N-dealkylation sites (tertiary alicyclic amines) is 1. The number of hydrogen-bond acceptors (Lipinski definition) is 5. The van der Waals surface area contributed by atoms with Crippen LogP contribution in [0.3, 0.4) is 0 Å². The molecule has 2 aliphatic carbocycles. The molecule has 166 valence electrons. The second kappa shape index (κ2) is 9.24. The maximum Gasteiger partial charge on any atom is 0.251 e. The molecule has 0 spiro atoms. The van der Waals surface area contributed by atoms with E-state index in [-0.39, 0.29) is 28.6 Å². The summed E-state index contributed by atoms with van der Waals surface area (Å²) in [5, 5.41) is 3.10. The number of piperidine rings is 1. The smallest absolute Gasteiger partial charge is 0.251 e. The highest BCUT2D eigenvalue weighted by atomic mass is 32.2. The molecule has 30 heavy (non-hydrogen) atoms. The lowest BCUT2D eigenvalue weighted by Gasteiger charge is -2.33. The standard InChI is InChI=1S/C22H33N3O4S/c1-29-20-9-6-17(14-21(20)30(27,28)24-19-7-8-19)22(26)23-18-10-12-25(13-11-18)15-16-4-2-3-5-16/h6,9,14,16,18-19,24H,2-5,7-8,10-13,15H2,1H3,(H,23,26). The number of benzene rings is 1. The van der Waals surface area contributed by atoms with Crippen molar-refractivity contribution in [3.05, 3.63) is 23.8 Å². The third-order valence-electron chi connectivity index (χ3n) is 6.53. The van der Waals surface area contributed by atoms with Crippen LogP contribution < -0.4 is 14.8 Å². The summed E-state index contributed by atoms with van der Waals surface area (Å²) in [6.45, 7) is 3.21. The van der Waals surface area contributed by atoms with Crippen LogP contribution in [0.25, 0.3) is 0 Å². The SMILES string of the molecule is COc1ccc(C(=O)NC2CCN(CC3CCCC3)CC2)cc1S(=O)(=O)NC1CC1. The zero-order valence-corrected chi connectivity index (χ0v) is 18.5. The molecule has 3 aliphatic rings. The lowest BCUT2D eigenvalue weighted by molar-refractivity contribution is 0.0905. The van der Waals surface area contributed by atoms with Crippen LogP contribution >= 0.6 is 0 Å². The molecule has 0 aromatic heterocycles. The maximum absolute atomic E-state index is 12.8. The van der Waals surface area contributed by atoms with Gasteiger partial charge in [0.05, 0.1) is 7.11 Å². The first-order valence-electron chi connectivity index (χ1n) is 11.2. The van der Waals surface area contributed by atoms with E-state index in [1.165, 1.54) is 45.4 Å². The van der Waals surface area contributed by atoms with Crippen molar-refractivity contribution in [2.75, 3.05) is 26.7 Å². The Morgan fingerprint density at radius 1 is 1.07 bits per heavy atom. The van der Waals surface area contributed by atoms with Crippen molar-refractivity contribution >= 4 is 15.9 Å². The van der Waals surface area contributed by atoms with Gasteiger partial charge in [-0.3, -0.25) is 4.79 Å². The molecule has 1 amide bonds. The number of carbonyl (C=O) groups is 1. The monoisotopic (exact) mass is 435 g/mol. The van der Waals surface area contributed by atoms with Crippen LogP contribution in [-0.4, -0.2) is 58.1 Å². The predicted octanol–water partition coefficient (Wildman–Crippen LogP) is 2.52. The van der Waals surface area contributed by atoms with Crippen molar-refractivity contribution in [2.45, 2.75) is 68.3 Å². The highest BCUT2D eigenvalue weighted by Crippen LogP contribution is 2.29. The molecule has 3 fully saturated rings. The molecule has 0 atom stereocenters. The minimum absolute atomic E-state index is 0.00777. The van der Waals surface area contributed by atoms with Crippen LogP contribution in [0.1, 0.15) is 61.7 Å². The van der Waals surface area contributed by atoms with E-state index in [4.69, 9.17) is 4.74 Å². The normalized spacial score (nSPS) is 21.6. The third kappa shape index (κ3) is 5.34. The molecule has 1 saturated heterocycles. The van der Waals surface area contributed by atoms with Crippen molar-refractivity contribution in [1.82, 2.24) is 14.9 Å². The van der Waals surface area contributed by atoms with Crippen molar-refractivity contribution in [3.8, 4) is 5.75 Å². The Balaban J connectivity index is 1.36. The number of methoxy groups -OCH3 is 1. The van der Waals surface area contributed by atoms with Gasteiger partial charge in [-0.1, -0.05) is 12.8 Å². The Bertz CT molecular complexity index is 855. The van der Waals surface area contributed by atoms with Crippen LogP contribution in [-0.2, 0) is 10.0 Å². The number of ether oxygens (including phenoxy) is 1. The maximum atomic E-state index is 12.8. The number of nitrogens with one attached hydrogen (secondary N) is 2. The van der Waals surface area contributed by atoms with Gasteiger partial charge in [0.1, 0.15) is 10.6 Å². The molecule has 7 nitrogen and oxygen atoms in total. The second-order valence-corrected chi connectivity index (χ2v) is 10.6. The third-order valence-corrected chi connectivity index (χ3v) is 8.07. The molecule has 1 heterocycles. The Morgan fingerprint density at radius 3 is 2.40 bits per heavy atom. The molecule has 1 aromatic rings. The van der Waals surface area contributed by atoms with E-state index >= 15 is 0 Å². The van der Waals surface area contributed by atoms with E-state index in [0.717, 1.165) is 44.7 Å². The van der Waals surface area contributed by atoms with Gasteiger partial charge in [-0.05, 0) is 62.6 Å². The average molecular weight is 436 g/mol. The molecular formula is C22H33N3O4S. The fourth-order valence-electron chi connectivity index (χ4n) is 4.60. The highest BCUT2D eigenvalue weighted by Gasteiger charge is 2.31. The van der Waals surface area contributed by atoms with Gasteiger partial charge in [0.25, 0.3) is 5.91 Å². The fraction of sp³-hybridized carbons (Fsp3) is 0.682. The van der Waals surface area contributed by atoms with E-state index in [1.807, 2.05) is 0 Å². The van der Waals surface area contributed by atoms with E-state index in [9.17, 15) is 13.2 Å². The van der Waals surface area contributed by atoms with Gasteiger partial charge in [0, 0.05) is 37.3 Å². The van der Waals surface area contributed by atoms with E-state index in [2.05, 4.69) is 14.9 Å². The first-order valence-corrected chi connectivity index (χ1v) is 12.7. The van der Waals surface area contributed by atoms with Crippen LogP contribution in [0.2, 0.25) is 0 Å². The largest absolute Gasteiger partial charge is 0.495 e.